The lowest BCUT2D eigenvalue weighted by atomic mass is 10.0. The van der Waals surface area contributed by atoms with E-state index in [1.807, 2.05) is 30.7 Å². The summed E-state index contributed by atoms with van der Waals surface area (Å²) in [5.41, 5.74) is 4.65. The molecule has 0 aliphatic heterocycles. The molecule has 0 saturated heterocycles. The monoisotopic (exact) mass is 262 g/mol. The molecule has 1 heterocycles. The van der Waals surface area contributed by atoms with Crippen LogP contribution in [0.4, 0.5) is 0 Å². The molecule has 18 heavy (non-hydrogen) atoms. The predicted octanol–water partition coefficient (Wildman–Crippen LogP) is 3.65. The van der Waals surface area contributed by atoms with Gasteiger partial charge in [-0.05, 0) is 38.5 Å². The first-order valence-electron chi connectivity index (χ1n) is 5.87. The van der Waals surface area contributed by atoms with E-state index < -0.39 is 0 Å². The molecule has 1 aromatic carbocycles. The number of aromatic nitrogens is 2. The van der Waals surface area contributed by atoms with Crippen LogP contribution in [0.25, 0.3) is 11.1 Å². The lowest BCUT2D eigenvalue weighted by Gasteiger charge is -2.05. The van der Waals surface area contributed by atoms with Crippen LogP contribution in [0.2, 0.25) is 5.02 Å². The molecule has 0 saturated carbocycles. The first-order valence-corrected chi connectivity index (χ1v) is 6.25. The molecule has 0 N–H and O–H groups in total. The maximum atomic E-state index is 10.9. The number of aryl methyl sites for hydroxylation is 2. The Balaban J connectivity index is 2.62. The molecule has 0 unspecified atom stereocenters. The molecule has 0 bridgehead atoms. The molecule has 94 valence electrons. The summed E-state index contributed by atoms with van der Waals surface area (Å²) >= 11 is 5.94. The quantitative estimate of drug-likeness (QED) is 0.792. The van der Waals surface area contributed by atoms with Gasteiger partial charge >= 0.3 is 0 Å². The molecule has 0 aliphatic carbocycles. The highest BCUT2D eigenvalue weighted by molar-refractivity contribution is 6.33. The molecular weight excluding hydrogens is 248 g/mol. The van der Waals surface area contributed by atoms with Crippen molar-refractivity contribution in [3.8, 4) is 11.1 Å². The van der Waals surface area contributed by atoms with Gasteiger partial charge in [0.25, 0.3) is 0 Å². The number of nitrogens with zero attached hydrogens (tertiary/aromatic N) is 2. The summed E-state index contributed by atoms with van der Waals surface area (Å²) in [6.07, 6.45) is 0.779. The van der Waals surface area contributed by atoms with Crippen LogP contribution < -0.4 is 0 Å². The summed E-state index contributed by atoms with van der Waals surface area (Å²) in [6.45, 7) is 6.90. The van der Waals surface area contributed by atoms with Gasteiger partial charge in [0.15, 0.2) is 6.29 Å². The van der Waals surface area contributed by atoms with Gasteiger partial charge in [-0.2, -0.15) is 5.10 Å². The molecule has 0 aliphatic rings. The van der Waals surface area contributed by atoms with Crippen LogP contribution in [0.5, 0.6) is 0 Å². The fraction of sp³-hybridized carbons (Fsp3) is 0.286. The standard InChI is InChI=1S/C14H15ClN2O/c1-4-17-10(3)14(9(2)16-17)11-5-6-13(15)12(7-11)8-18/h5-8H,4H2,1-3H3. The minimum Gasteiger partial charge on any atom is -0.298 e. The molecule has 2 aromatic rings. The Kier molecular flexibility index (Phi) is 3.53. The smallest absolute Gasteiger partial charge is 0.151 e. The maximum Gasteiger partial charge on any atom is 0.151 e. The fourth-order valence-electron chi connectivity index (χ4n) is 2.21. The molecule has 0 spiro atoms. The van der Waals surface area contributed by atoms with Crippen LogP contribution in [0.1, 0.15) is 28.7 Å². The van der Waals surface area contributed by atoms with Gasteiger partial charge in [-0.3, -0.25) is 9.48 Å². The van der Waals surface area contributed by atoms with Gasteiger partial charge in [0.2, 0.25) is 0 Å². The summed E-state index contributed by atoms with van der Waals surface area (Å²) in [4.78, 5) is 10.9. The molecule has 4 heteroatoms. The van der Waals surface area contributed by atoms with E-state index in [0.717, 1.165) is 35.3 Å². The molecule has 0 fully saturated rings. The zero-order chi connectivity index (χ0) is 13.3. The third-order valence-corrected chi connectivity index (χ3v) is 3.44. The number of halogens is 1. The Morgan fingerprint density at radius 1 is 1.39 bits per heavy atom. The van der Waals surface area contributed by atoms with Crippen molar-refractivity contribution in [1.82, 2.24) is 9.78 Å². The van der Waals surface area contributed by atoms with E-state index >= 15 is 0 Å². The van der Waals surface area contributed by atoms with Gasteiger partial charge in [0.05, 0.1) is 10.7 Å². The summed E-state index contributed by atoms with van der Waals surface area (Å²) in [5, 5.41) is 4.96. The summed E-state index contributed by atoms with van der Waals surface area (Å²) in [6, 6.07) is 5.49. The highest BCUT2D eigenvalue weighted by Gasteiger charge is 2.13. The Morgan fingerprint density at radius 2 is 2.11 bits per heavy atom. The van der Waals surface area contributed by atoms with E-state index in [1.165, 1.54) is 0 Å². The van der Waals surface area contributed by atoms with Gasteiger partial charge in [-0.15, -0.1) is 0 Å². The normalized spacial score (nSPS) is 10.7. The average molecular weight is 263 g/mol. The van der Waals surface area contributed by atoms with E-state index in [-0.39, 0.29) is 0 Å². The van der Waals surface area contributed by atoms with Crippen LogP contribution in [0.3, 0.4) is 0 Å². The zero-order valence-corrected chi connectivity index (χ0v) is 11.5. The van der Waals surface area contributed by atoms with Crippen LogP contribution in [-0.2, 0) is 6.54 Å². The first-order chi connectivity index (χ1) is 8.58. The molecule has 2 rings (SSSR count). The molecule has 0 amide bonds. The maximum absolute atomic E-state index is 10.9. The molecule has 1 aromatic heterocycles. The van der Waals surface area contributed by atoms with Gasteiger partial charge in [-0.1, -0.05) is 17.7 Å². The van der Waals surface area contributed by atoms with E-state index in [1.54, 1.807) is 6.07 Å². The van der Waals surface area contributed by atoms with Crippen molar-refractivity contribution in [2.75, 3.05) is 0 Å². The number of carbonyl (C=O) groups is 1. The number of rotatable bonds is 3. The minimum absolute atomic E-state index is 0.479. The number of aldehydes is 1. The van der Waals surface area contributed by atoms with Gasteiger partial charge in [-0.25, -0.2) is 0 Å². The molecule has 0 atom stereocenters. The Hall–Kier alpha value is -1.61. The van der Waals surface area contributed by atoms with Crippen molar-refractivity contribution in [2.45, 2.75) is 27.3 Å². The summed E-state index contributed by atoms with van der Waals surface area (Å²) in [7, 11) is 0. The Morgan fingerprint density at radius 3 is 2.67 bits per heavy atom. The van der Waals surface area contributed by atoms with Crippen molar-refractivity contribution >= 4 is 17.9 Å². The fourth-order valence-corrected chi connectivity index (χ4v) is 2.37. The van der Waals surface area contributed by atoms with Crippen molar-refractivity contribution in [1.29, 1.82) is 0 Å². The highest BCUT2D eigenvalue weighted by atomic mass is 35.5. The lowest BCUT2D eigenvalue weighted by molar-refractivity contribution is 0.112. The Labute approximate surface area is 111 Å². The number of carbonyl (C=O) groups excluding carboxylic acids is 1. The lowest BCUT2D eigenvalue weighted by Crippen LogP contribution is -1.98. The van der Waals surface area contributed by atoms with E-state index in [4.69, 9.17) is 11.6 Å². The van der Waals surface area contributed by atoms with E-state index in [2.05, 4.69) is 12.0 Å². The van der Waals surface area contributed by atoms with E-state index in [0.29, 0.717) is 10.6 Å². The summed E-state index contributed by atoms with van der Waals surface area (Å²) < 4.78 is 1.96. The van der Waals surface area contributed by atoms with Crippen molar-refractivity contribution in [3.05, 3.63) is 40.2 Å². The molecule has 3 nitrogen and oxygen atoms in total. The van der Waals surface area contributed by atoms with Crippen molar-refractivity contribution < 1.29 is 4.79 Å². The van der Waals surface area contributed by atoms with Gasteiger partial charge in [0, 0.05) is 23.4 Å². The van der Waals surface area contributed by atoms with Gasteiger partial charge in [0.1, 0.15) is 0 Å². The minimum atomic E-state index is 0.479. The number of hydrogen-bond donors (Lipinski definition) is 0. The van der Waals surface area contributed by atoms with Crippen molar-refractivity contribution in [2.24, 2.45) is 0 Å². The van der Waals surface area contributed by atoms with E-state index in [9.17, 15) is 4.79 Å². The molecular formula is C14H15ClN2O. The second-order valence-electron chi connectivity index (χ2n) is 4.22. The zero-order valence-electron chi connectivity index (χ0n) is 10.7. The van der Waals surface area contributed by atoms with Crippen LogP contribution in [0.15, 0.2) is 18.2 Å². The molecule has 0 radical (unpaired) electrons. The largest absolute Gasteiger partial charge is 0.298 e. The third-order valence-electron chi connectivity index (χ3n) is 3.09. The second-order valence-corrected chi connectivity index (χ2v) is 4.62. The average Bonchev–Trinajstić information content (AvgIpc) is 2.65. The number of hydrogen-bond acceptors (Lipinski definition) is 2. The topological polar surface area (TPSA) is 34.9 Å². The van der Waals surface area contributed by atoms with Crippen LogP contribution in [-0.4, -0.2) is 16.1 Å². The SMILES string of the molecule is CCn1nc(C)c(-c2ccc(Cl)c(C=O)c2)c1C. The van der Waals surface area contributed by atoms with Crippen LogP contribution in [0, 0.1) is 13.8 Å². The second kappa shape index (κ2) is 4.94. The van der Waals surface area contributed by atoms with Crippen LogP contribution >= 0.6 is 11.6 Å². The highest BCUT2D eigenvalue weighted by Crippen LogP contribution is 2.29. The van der Waals surface area contributed by atoms with Crippen molar-refractivity contribution in [3.63, 3.8) is 0 Å². The van der Waals surface area contributed by atoms with Gasteiger partial charge < -0.3 is 0 Å². The Bertz CT molecular complexity index is 602. The third kappa shape index (κ3) is 2.06. The summed E-state index contributed by atoms with van der Waals surface area (Å²) in [5.74, 6) is 0. The predicted molar refractivity (Wildman–Crippen MR) is 73.2 cm³/mol. The number of benzene rings is 1. The first kappa shape index (κ1) is 12.8.